The number of primary amides is 1. The summed E-state index contributed by atoms with van der Waals surface area (Å²) in [4.78, 5) is 25.6. The third-order valence-electron chi connectivity index (χ3n) is 2.61. The molecule has 0 saturated heterocycles. The number of benzene rings is 2. The van der Waals surface area contributed by atoms with E-state index in [9.17, 15) is 9.59 Å². The fourth-order valence-electron chi connectivity index (χ4n) is 1.82. The van der Waals surface area contributed by atoms with Gasteiger partial charge in [0.2, 0.25) is 0 Å². The van der Waals surface area contributed by atoms with Crippen LogP contribution in [0, 0.1) is 0 Å². The van der Waals surface area contributed by atoms with Crippen LogP contribution in [-0.4, -0.2) is 11.8 Å². The summed E-state index contributed by atoms with van der Waals surface area (Å²) in [6.07, 6.45) is -2.82. The Bertz CT molecular complexity index is 1040. The quantitative estimate of drug-likeness (QED) is 0.791. The molecule has 94 valence electrons. The van der Waals surface area contributed by atoms with Crippen molar-refractivity contribution in [3.05, 3.63) is 59.5 Å². The van der Waals surface area contributed by atoms with Gasteiger partial charge >= 0.3 is 6.03 Å². The Balaban J connectivity index is 2.60. The van der Waals surface area contributed by atoms with Crippen LogP contribution in [0.4, 0.5) is 16.2 Å². The van der Waals surface area contributed by atoms with Gasteiger partial charge in [0.1, 0.15) is 0 Å². The van der Waals surface area contributed by atoms with E-state index in [1.807, 2.05) is 0 Å². The molecule has 1 heterocycles. The number of nitrogens with zero attached hydrogens (tertiary/aromatic N) is 1. The lowest BCUT2D eigenvalue weighted by atomic mass is 10.0. The number of carbonyl (C=O) groups excluding carboxylic acids is 2. The zero-order chi connectivity index (χ0) is 20.4. The molecule has 2 aromatic rings. The average Bonchev–Trinajstić information content (AvgIpc) is 2.65. The molecular formula is C15H12N2O2. The minimum atomic E-state index is -2.82. The van der Waals surface area contributed by atoms with Gasteiger partial charge in [-0.05, 0) is 23.7 Å². The van der Waals surface area contributed by atoms with Gasteiger partial charge in [-0.15, -0.1) is 0 Å². The maximum Gasteiger partial charge on any atom is 0.323 e. The number of para-hydroxylation sites is 2. The Hall–Kier alpha value is -2.62. The minimum Gasteiger partial charge on any atom is -0.351 e. The Kier molecular flexibility index (Phi) is 1.24. The Morgan fingerprint density at radius 3 is 2.63 bits per heavy atom. The standard InChI is InChI=1S/C15H12N2O2/c16-15(19)17-12-7-3-1-5-10(12)9-14(18)11-6-2-4-8-13(11)17/h1-8H,9H2,(H2,16,19)/i1D,2D,3D,4D,7D,8D,9D2. The van der Waals surface area contributed by atoms with Crippen molar-refractivity contribution in [3.63, 3.8) is 0 Å². The van der Waals surface area contributed by atoms with Crippen LogP contribution in [0.2, 0.25) is 0 Å². The van der Waals surface area contributed by atoms with E-state index < -0.39 is 76.9 Å². The summed E-state index contributed by atoms with van der Waals surface area (Å²) in [5, 5.41) is 0. The Labute approximate surface area is 121 Å². The lowest BCUT2D eigenvalue weighted by Gasteiger charge is -2.22. The van der Waals surface area contributed by atoms with E-state index in [1.165, 1.54) is 0 Å². The van der Waals surface area contributed by atoms with Gasteiger partial charge in [0.05, 0.1) is 19.6 Å². The summed E-state index contributed by atoms with van der Waals surface area (Å²) in [5.74, 6) is -1.21. The highest BCUT2D eigenvalue weighted by molar-refractivity contribution is 6.11. The van der Waals surface area contributed by atoms with Crippen LogP contribution in [0.25, 0.3) is 0 Å². The van der Waals surface area contributed by atoms with Crippen LogP contribution in [0.15, 0.2) is 48.4 Å². The van der Waals surface area contributed by atoms with Gasteiger partial charge in [-0.1, -0.05) is 30.2 Å². The molecular weight excluding hydrogens is 240 g/mol. The summed E-state index contributed by atoms with van der Waals surface area (Å²) in [5.41, 5.74) is 3.29. The monoisotopic (exact) mass is 260 g/mol. The first-order valence-electron chi connectivity index (χ1n) is 9.27. The number of ketones is 1. The Morgan fingerprint density at radius 2 is 1.89 bits per heavy atom. The van der Waals surface area contributed by atoms with Crippen molar-refractivity contribution >= 4 is 23.2 Å². The zero-order valence-electron chi connectivity index (χ0n) is 17.5. The van der Waals surface area contributed by atoms with Crippen molar-refractivity contribution in [2.24, 2.45) is 5.73 Å². The van der Waals surface area contributed by atoms with Crippen molar-refractivity contribution in [3.8, 4) is 0 Å². The summed E-state index contributed by atoms with van der Waals surface area (Å²) >= 11 is 0. The van der Waals surface area contributed by atoms with E-state index in [1.54, 1.807) is 0 Å². The average molecular weight is 260 g/mol. The second-order valence-electron chi connectivity index (χ2n) is 3.73. The van der Waals surface area contributed by atoms with Gasteiger partial charge in [0, 0.05) is 14.7 Å². The molecule has 19 heavy (non-hydrogen) atoms. The predicted molar refractivity (Wildman–Crippen MR) is 72.6 cm³/mol. The first-order chi connectivity index (χ1) is 12.4. The number of Topliss-reactive ketones (excluding diaryl/α,β-unsaturated/α-hetero) is 1. The molecule has 0 bridgehead atoms. The van der Waals surface area contributed by atoms with Crippen LogP contribution in [0.5, 0.6) is 0 Å². The molecule has 3 rings (SSSR count). The molecule has 0 unspecified atom stereocenters. The molecule has 0 spiro atoms. The predicted octanol–water partition coefficient (Wildman–Crippen LogP) is 2.64. The molecule has 1 aliphatic rings. The van der Waals surface area contributed by atoms with Gasteiger partial charge < -0.3 is 5.73 Å². The third kappa shape index (κ3) is 1.78. The molecule has 4 nitrogen and oxygen atoms in total. The molecule has 2 aromatic carbocycles. The largest absolute Gasteiger partial charge is 0.351 e. The molecule has 1 aliphatic heterocycles. The van der Waals surface area contributed by atoms with Gasteiger partial charge in [-0.3, -0.25) is 9.69 Å². The molecule has 0 radical (unpaired) electrons. The summed E-state index contributed by atoms with van der Waals surface area (Å²) in [6.45, 7) is 0. The molecule has 4 heteroatoms. The summed E-state index contributed by atoms with van der Waals surface area (Å²) in [7, 11) is 0. The lowest BCUT2D eigenvalue weighted by molar-refractivity contribution is 0.0994. The maximum atomic E-state index is 12.9. The first-order valence-corrected chi connectivity index (χ1v) is 5.27. The van der Waals surface area contributed by atoms with E-state index in [-0.39, 0.29) is 0 Å². The number of hydrogen-bond acceptors (Lipinski definition) is 2. The van der Waals surface area contributed by atoms with E-state index in [0.29, 0.717) is 4.90 Å². The van der Waals surface area contributed by atoms with E-state index in [4.69, 9.17) is 16.7 Å². The zero-order valence-corrected chi connectivity index (χ0v) is 9.50. The number of nitrogens with two attached hydrogens (primary N) is 1. The van der Waals surface area contributed by atoms with Gasteiger partial charge in [0.25, 0.3) is 0 Å². The van der Waals surface area contributed by atoms with Crippen molar-refractivity contribution in [1.82, 2.24) is 0 Å². The number of amides is 2. The van der Waals surface area contributed by atoms with Crippen molar-refractivity contribution in [2.45, 2.75) is 6.37 Å². The highest BCUT2D eigenvalue weighted by Gasteiger charge is 2.27. The topological polar surface area (TPSA) is 63.4 Å². The van der Waals surface area contributed by atoms with Crippen molar-refractivity contribution in [1.29, 1.82) is 0 Å². The molecule has 2 amide bonds. The Morgan fingerprint density at radius 1 is 1.21 bits per heavy atom. The molecule has 0 saturated carbocycles. The fourth-order valence-corrected chi connectivity index (χ4v) is 1.82. The highest BCUT2D eigenvalue weighted by Crippen LogP contribution is 2.35. The van der Waals surface area contributed by atoms with Crippen molar-refractivity contribution in [2.75, 3.05) is 4.90 Å². The van der Waals surface area contributed by atoms with Crippen LogP contribution in [0.1, 0.15) is 26.9 Å². The fraction of sp³-hybridized carbons (Fsp3) is 0.0667. The molecule has 0 fully saturated rings. The van der Waals surface area contributed by atoms with E-state index >= 15 is 0 Å². The normalized spacial score (nSPS) is 22.1. The smallest absolute Gasteiger partial charge is 0.323 e. The molecule has 0 atom stereocenters. The number of fused-ring (bicyclic) bond motifs is 2. The number of anilines is 2. The number of urea groups is 1. The van der Waals surface area contributed by atoms with Crippen LogP contribution < -0.4 is 10.6 Å². The van der Waals surface area contributed by atoms with Gasteiger partial charge in [-0.2, -0.15) is 0 Å². The summed E-state index contributed by atoms with van der Waals surface area (Å²) < 4.78 is 63.7. The molecule has 2 N–H and O–H groups in total. The lowest BCUT2D eigenvalue weighted by Crippen LogP contribution is -2.32. The van der Waals surface area contributed by atoms with E-state index in [0.717, 1.165) is 12.1 Å². The SMILES string of the molecule is [2H]c1cc2c(c([2H])c1[2H])N(C(N)=O)c1c(cc([2H])c([2H])c1[2H])C([2H])([2H])C2=O. The maximum absolute atomic E-state index is 12.9. The van der Waals surface area contributed by atoms with Crippen LogP contribution in [-0.2, 0) is 6.37 Å². The van der Waals surface area contributed by atoms with E-state index in [2.05, 4.69) is 0 Å². The molecule has 0 aromatic heterocycles. The number of carbonyl (C=O) groups is 2. The number of rotatable bonds is 0. The third-order valence-corrected chi connectivity index (χ3v) is 2.61. The minimum absolute atomic E-state index is 0.515. The first kappa shape index (κ1) is 5.57. The number of hydrogen-bond donors (Lipinski definition) is 1. The van der Waals surface area contributed by atoms with Gasteiger partial charge in [-0.25, -0.2) is 4.79 Å². The van der Waals surface area contributed by atoms with Gasteiger partial charge in [0.15, 0.2) is 5.78 Å². The van der Waals surface area contributed by atoms with Crippen molar-refractivity contribution < 1.29 is 20.6 Å². The second kappa shape index (κ2) is 4.24. The van der Waals surface area contributed by atoms with Crippen LogP contribution >= 0.6 is 0 Å². The highest BCUT2D eigenvalue weighted by atomic mass is 16.2. The second-order valence-corrected chi connectivity index (χ2v) is 3.73. The van der Waals surface area contributed by atoms with Crippen LogP contribution in [0.3, 0.4) is 0 Å². The molecule has 0 aliphatic carbocycles. The summed E-state index contributed by atoms with van der Waals surface area (Å²) in [6, 6.07) is -3.26.